The largest absolute Gasteiger partial charge is 0.321 e. The first kappa shape index (κ1) is 26.2. The van der Waals surface area contributed by atoms with Gasteiger partial charge in [-0.1, -0.05) is 73.6 Å². The normalized spacial score (nSPS) is 16.4. The van der Waals surface area contributed by atoms with Crippen molar-refractivity contribution in [1.29, 1.82) is 5.26 Å². The number of thioether (sulfide) groups is 1. The second kappa shape index (κ2) is 11.9. The molecule has 1 atom stereocenters. The molecule has 2 amide bonds. The molecule has 1 unspecified atom stereocenters. The summed E-state index contributed by atoms with van der Waals surface area (Å²) < 4.78 is 0. The molecule has 3 aromatic carbocycles. The van der Waals surface area contributed by atoms with Crippen molar-refractivity contribution in [2.45, 2.75) is 51.7 Å². The summed E-state index contributed by atoms with van der Waals surface area (Å²) >= 11 is 1.29. The highest BCUT2D eigenvalue weighted by Gasteiger charge is 2.41. The van der Waals surface area contributed by atoms with E-state index >= 15 is 0 Å². The van der Waals surface area contributed by atoms with Gasteiger partial charge in [0.25, 0.3) is 5.91 Å². The number of rotatable bonds is 8. The van der Waals surface area contributed by atoms with E-state index in [0.29, 0.717) is 22.8 Å². The third-order valence-corrected chi connectivity index (χ3v) is 7.81. The Morgan fingerprint density at radius 2 is 1.70 bits per heavy atom. The number of aryl methyl sites for hydroxylation is 3. The van der Waals surface area contributed by atoms with Crippen LogP contribution in [-0.4, -0.2) is 17.1 Å². The standard InChI is InChI=1S/C31H31N3O2S/c1-4-5-9-23-13-15-24(16-14-23)19-28-30(36)34(26-17-12-21(2)22(3)18-26)31(37-28)27(20-32)29(35)33-25-10-7-6-8-11-25/h6-8,10-18,28H,4-5,9,19H2,1-3H3,(H,33,35)/b31-27-. The Bertz CT molecular complexity index is 1360. The zero-order valence-corrected chi connectivity index (χ0v) is 22.3. The number of nitrogens with zero attached hydrogens (tertiary/aromatic N) is 2. The van der Waals surface area contributed by atoms with E-state index in [-0.39, 0.29) is 11.5 Å². The topological polar surface area (TPSA) is 73.2 Å². The van der Waals surface area contributed by atoms with Crippen LogP contribution in [-0.2, 0) is 22.4 Å². The van der Waals surface area contributed by atoms with E-state index in [0.717, 1.165) is 36.0 Å². The third kappa shape index (κ3) is 6.12. The van der Waals surface area contributed by atoms with Crippen LogP contribution in [0, 0.1) is 25.2 Å². The average Bonchev–Trinajstić information content (AvgIpc) is 3.21. The molecule has 3 aromatic rings. The number of carbonyl (C=O) groups is 2. The van der Waals surface area contributed by atoms with Gasteiger partial charge < -0.3 is 5.32 Å². The number of hydrogen-bond acceptors (Lipinski definition) is 4. The van der Waals surface area contributed by atoms with Crippen LogP contribution in [0.3, 0.4) is 0 Å². The number of anilines is 2. The average molecular weight is 510 g/mol. The fourth-order valence-electron chi connectivity index (χ4n) is 4.24. The quantitative estimate of drug-likeness (QED) is 0.270. The summed E-state index contributed by atoms with van der Waals surface area (Å²) in [5.74, 6) is -0.655. The maximum absolute atomic E-state index is 13.8. The minimum Gasteiger partial charge on any atom is -0.321 e. The van der Waals surface area contributed by atoms with Crippen LogP contribution in [0.1, 0.15) is 42.0 Å². The molecule has 6 heteroatoms. The highest BCUT2D eigenvalue weighted by Crippen LogP contribution is 2.42. The van der Waals surface area contributed by atoms with Crippen molar-refractivity contribution in [3.8, 4) is 6.07 Å². The number of carbonyl (C=O) groups excluding carboxylic acids is 2. The summed E-state index contributed by atoms with van der Waals surface area (Å²) in [7, 11) is 0. The maximum atomic E-state index is 13.8. The van der Waals surface area contributed by atoms with Crippen LogP contribution in [0.5, 0.6) is 0 Å². The van der Waals surface area contributed by atoms with Gasteiger partial charge >= 0.3 is 0 Å². The van der Waals surface area contributed by atoms with E-state index in [2.05, 4.69) is 42.6 Å². The van der Waals surface area contributed by atoms with E-state index in [9.17, 15) is 14.9 Å². The van der Waals surface area contributed by atoms with Crippen LogP contribution in [0.4, 0.5) is 11.4 Å². The van der Waals surface area contributed by atoms with Crippen molar-refractivity contribution in [1.82, 2.24) is 0 Å². The number of hydrogen-bond donors (Lipinski definition) is 1. The minimum absolute atomic E-state index is 0.0714. The Hall–Kier alpha value is -3.82. The molecule has 1 aliphatic rings. The molecule has 1 heterocycles. The predicted molar refractivity (Wildman–Crippen MR) is 151 cm³/mol. The van der Waals surface area contributed by atoms with Crippen LogP contribution >= 0.6 is 11.8 Å². The molecule has 1 saturated heterocycles. The first-order valence-electron chi connectivity index (χ1n) is 12.6. The van der Waals surface area contributed by atoms with Crippen LogP contribution in [0.15, 0.2) is 83.4 Å². The molecule has 5 nitrogen and oxygen atoms in total. The van der Waals surface area contributed by atoms with Crippen LogP contribution in [0.2, 0.25) is 0 Å². The van der Waals surface area contributed by atoms with E-state index in [1.165, 1.54) is 17.3 Å². The fraction of sp³-hybridized carbons (Fsp3) is 0.258. The lowest BCUT2D eigenvalue weighted by Gasteiger charge is -2.20. The van der Waals surface area contributed by atoms with E-state index < -0.39 is 11.2 Å². The summed E-state index contributed by atoms with van der Waals surface area (Å²) in [5.41, 5.74) is 5.67. The van der Waals surface area contributed by atoms with Gasteiger partial charge in [-0.25, -0.2) is 0 Å². The number of nitriles is 1. The molecule has 0 spiro atoms. The molecule has 1 N–H and O–H groups in total. The third-order valence-electron chi connectivity index (χ3n) is 6.55. The summed E-state index contributed by atoms with van der Waals surface area (Å²) in [4.78, 5) is 28.5. The molecule has 0 bridgehead atoms. The summed E-state index contributed by atoms with van der Waals surface area (Å²) in [6.07, 6.45) is 3.86. The van der Waals surface area contributed by atoms with Crippen molar-refractivity contribution < 1.29 is 9.59 Å². The van der Waals surface area contributed by atoms with Gasteiger partial charge in [-0.15, -0.1) is 0 Å². The van der Waals surface area contributed by atoms with E-state index in [1.54, 1.807) is 17.0 Å². The highest BCUT2D eigenvalue weighted by molar-refractivity contribution is 8.05. The molecule has 188 valence electrons. The monoisotopic (exact) mass is 509 g/mol. The first-order valence-corrected chi connectivity index (χ1v) is 13.5. The molecule has 1 aliphatic heterocycles. The Labute approximate surface area is 223 Å². The fourth-order valence-corrected chi connectivity index (χ4v) is 5.55. The minimum atomic E-state index is -0.529. The lowest BCUT2D eigenvalue weighted by molar-refractivity contribution is -0.117. The molecule has 0 saturated carbocycles. The van der Waals surface area contributed by atoms with Crippen molar-refractivity contribution in [3.05, 3.63) is 106 Å². The Morgan fingerprint density at radius 1 is 1.00 bits per heavy atom. The van der Waals surface area contributed by atoms with E-state index in [4.69, 9.17) is 0 Å². The van der Waals surface area contributed by atoms with Gasteiger partial charge in [0.05, 0.1) is 5.25 Å². The molecule has 0 radical (unpaired) electrons. The lowest BCUT2D eigenvalue weighted by Crippen LogP contribution is -2.31. The van der Waals surface area contributed by atoms with Crippen LogP contribution in [0.25, 0.3) is 0 Å². The van der Waals surface area contributed by atoms with Gasteiger partial charge in [-0.3, -0.25) is 14.5 Å². The Kier molecular flexibility index (Phi) is 8.47. The Morgan fingerprint density at radius 3 is 2.35 bits per heavy atom. The number of unbranched alkanes of at least 4 members (excludes halogenated alkanes) is 1. The highest BCUT2D eigenvalue weighted by atomic mass is 32.2. The van der Waals surface area contributed by atoms with E-state index in [1.807, 2.05) is 50.2 Å². The smallest absolute Gasteiger partial charge is 0.269 e. The summed E-state index contributed by atoms with van der Waals surface area (Å²) in [6, 6.07) is 25.2. The molecular weight excluding hydrogens is 478 g/mol. The lowest BCUT2D eigenvalue weighted by atomic mass is 10.0. The van der Waals surface area contributed by atoms with Crippen molar-refractivity contribution in [3.63, 3.8) is 0 Å². The van der Waals surface area contributed by atoms with Gasteiger partial charge in [0.2, 0.25) is 5.91 Å². The summed E-state index contributed by atoms with van der Waals surface area (Å²) in [6.45, 7) is 6.18. The Balaban J connectivity index is 1.68. The molecule has 0 aromatic heterocycles. The molecule has 1 fully saturated rings. The number of para-hydroxylation sites is 1. The van der Waals surface area contributed by atoms with Crippen LogP contribution < -0.4 is 10.2 Å². The SMILES string of the molecule is CCCCc1ccc(CC2S/C(=C(/C#N)C(=O)Nc3ccccc3)N(c3ccc(C)c(C)c3)C2=O)cc1. The maximum Gasteiger partial charge on any atom is 0.269 e. The molecular formula is C31H31N3O2S. The molecule has 37 heavy (non-hydrogen) atoms. The zero-order chi connectivity index (χ0) is 26.4. The summed E-state index contributed by atoms with van der Waals surface area (Å²) in [5, 5.41) is 12.8. The predicted octanol–water partition coefficient (Wildman–Crippen LogP) is 6.71. The van der Waals surface area contributed by atoms with Gasteiger partial charge in [-0.2, -0.15) is 5.26 Å². The van der Waals surface area contributed by atoms with Gasteiger partial charge in [-0.05, 0) is 79.6 Å². The number of benzene rings is 3. The zero-order valence-electron chi connectivity index (χ0n) is 21.5. The number of nitrogens with one attached hydrogen (secondary N) is 1. The van der Waals surface area contributed by atoms with Gasteiger partial charge in [0.1, 0.15) is 16.7 Å². The van der Waals surface area contributed by atoms with Crippen molar-refractivity contribution in [2.75, 3.05) is 10.2 Å². The van der Waals surface area contributed by atoms with Gasteiger partial charge in [0.15, 0.2) is 0 Å². The first-order chi connectivity index (χ1) is 17.9. The second-order valence-corrected chi connectivity index (χ2v) is 10.5. The van der Waals surface area contributed by atoms with Crippen molar-refractivity contribution in [2.24, 2.45) is 0 Å². The van der Waals surface area contributed by atoms with Gasteiger partial charge in [0, 0.05) is 11.4 Å². The molecule has 4 rings (SSSR count). The number of amides is 2. The van der Waals surface area contributed by atoms with Crippen molar-refractivity contribution >= 4 is 35.0 Å². The molecule has 0 aliphatic carbocycles. The second-order valence-electron chi connectivity index (χ2n) is 9.28.